The average Bonchev–Trinajstić information content (AvgIpc) is 3.25. The molecule has 0 unspecified atom stereocenters. The number of hydrogen-bond acceptors (Lipinski definition) is 3. The summed E-state index contributed by atoms with van der Waals surface area (Å²) in [7, 11) is 2.05. The molecule has 138 valence electrons. The fourth-order valence-corrected chi connectivity index (χ4v) is 3.89. The number of nitrogens with one attached hydrogen (secondary N) is 1. The fourth-order valence-electron chi connectivity index (χ4n) is 3.89. The van der Waals surface area contributed by atoms with E-state index in [4.69, 9.17) is 9.47 Å². The molecule has 3 aromatic rings. The molecule has 1 fully saturated rings. The van der Waals surface area contributed by atoms with Crippen LogP contribution in [-0.4, -0.2) is 23.3 Å². The molecule has 1 atom stereocenters. The van der Waals surface area contributed by atoms with Crippen molar-refractivity contribution in [1.82, 2.24) is 9.88 Å². The lowest BCUT2D eigenvalue weighted by molar-refractivity contribution is -0.121. The number of carbonyl (C=O) groups is 1. The Balaban J connectivity index is 1.57. The van der Waals surface area contributed by atoms with Crippen LogP contribution in [0.2, 0.25) is 0 Å². The van der Waals surface area contributed by atoms with Crippen LogP contribution in [0.1, 0.15) is 36.3 Å². The van der Waals surface area contributed by atoms with Gasteiger partial charge in [0.15, 0.2) is 11.5 Å². The van der Waals surface area contributed by atoms with Gasteiger partial charge in [0.25, 0.3) is 0 Å². The van der Waals surface area contributed by atoms with Crippen molar-refractivity contribution in [3.05, 3.63) is 59.8 Å². The number of fused-ring (bicyclic) bond motifs is 2. The van der Waals surface area contributed by atoms with E-state index in [1.165, 1.54) is 10.9 Å². The molecule has 1 aliphatic carbocycles. The number of aromatic nitrogens is 1. The Morgan fingerprint density at radius 1 is 1.19 bits per heavy atom. The standard InChI is InChI=1S/C22H22N2O3/c1-24-12-18(16-4-2-3-5-19(16)24)17(11-22(25)23-15-7-8-15)14-6-9-20-21(10-14)27-13-26-20/h2-6,9-10,12,15,17H,7-8,11,13H2,1H3,(H,23,25)/t17-/m1/s1. The molecule has 2 aliphatic rings. The predicted molar refractivity (Wildman–Crippen MR) is 103 cm³/mol. The SMILES string of the molecule is Cn1cc([C@H](CC(=O)NC2CC2)c2ccc3c(c2)OCO3)c2ccccc21. The minimum Gasteiger partial charge on any atom is -0.454 e. The van der Waals surface area contributed by atoms with Gasteiger partial charge in [-0.2, -0.15) is 0 Å². The quantitative estimate of drug-likeness (QED) is 0.753. The summed E-state index contributed by atoms with van der Waals surface area (Å²) in [4.78, 5) is 12.7. The molecule has 0 spiro atoms. The molecule has 2 heterocycles. The first-order valence-corrected chi connectivity index (χ1v) is 9.42. The molecule has 0 radical (unpaired) electrons. The smallest absolute Gasteiger partial charge is 0.231 e. The van der Waals surface area contributed by atoms with E-state index in [2.05, 4.69) is 28.2 Å². The number of ether oxygens (including phenoxy) is 2. The van der Waals surface area contributed by atoms with Crippen molar-refractivity contribution in [2.45, 2.75) is 31.2 Å². The van der Waals surface area contributed by atoms with Gasteiger partial charge in [-0.3, -0.25) is 4.79 Å². The predicted octanol–water partition coefficient (Wildman–Crippen LogP) is 3.71. The molecular weight excluding hydrogens is 340 g/mol. The highest BCUT2D eigenvalue weighted by Crippen LogP contribution is 2.40. The molecule has 5 rings (SSSR count). The van der Waals surface area contributed by atoms with Crippen molar-refractivity contribution >= 4 is 16.8 Å². The van der Waals surface area contributed by atoms with Crippen molar-refractivity contribution in [2.75, 3.05) is 6.79 Å². The van der Waals surface area contributed by atoms with Crippen LogP contribution in [0.25, 0.3) is 10.9 Å². The van der Waals surface area contributed by atoms with Crippen molar-refractivity contribution < 1.29 is 14.3 Å². The van der Waals surface area contributed by atoms with Gasteiger partial charge >= 0.3 is 0 Å². The van der Waals surface area contributed by atoms with Gasteiger partial charge in [0.2, 0.25) is 12.7 Å². The number of rotatable bonds is 5. The first kappa shape index (κ1) is 16.2. The monoisotopic (exact) mass is 362 g/mol. The highest BCUT2D eigenvalue weighted by molar-refractivity contribution is 5.86. The number of amides is 1. The number of benzene rings is 2. The molecule has 5 nitrogen and oxygen atoms in total. The summed E-state index contributed by atoms with van der Waals surface area (Å²) in [5.41, 5.74) is 3.40. The molecule has 5 heteroatoms. The van der Waals surface area contributed by atoms with Crippen molar-refractivity contribution in [3.63, 3.8) is 0 Å². The number of nitrogens with zero attached hydrogens (tertiary/aromatic N) is 1. The minimum absolute atomic E-state index is 0.0376. The van der Waals surface area contributed by atoms with Crippen LogP contribution in [0.15, 0.2) is 48.7 Å². The van der Waals surface area contributed by atoms with Crippen LogP contribution >= 0.6 is 0 Å². The largest absolute Gasteiger partial charge is 0.454 e. The summed E-state index contributed by atoms with van der Waals surface area (Å²) in [5.74, 6) is 1.58. The molecule has 27 heavy (non-hydrogen) atoms. The zero-order valence-electron chi connectivity index (χ0n) is 15.3. The Bertz CT molecular complexity index is 1020. The van der Waals surface area contributed by atoms with Gasteiger partial charge in [-0.15, -0.1) is 0 Å². The third kappa shape index (κ3) is 3.03. The number of para-hydroxylation sites is 1. The maximum atomic E-state index is 12.7. The van der Waals surface area contributed by atoms with E-state index in [0.717, 1.165) is 35.5 Å². The topological polar surface area (TPSA) is 52.5 Å². The highest BCUT2D eigenvalue weighted by Gasteiger charge is 2.28. The van der Waals surface area contributed by atoms with Gasteiger partial charge in [-0.25, -0.2) is 0 Å². The van der Waals surface area contributed by atoms with E-state index in [-0.39, 0.29) is 18.6 Å². The zero-order chi connectivity index (χ0) is 18.4. The highest BCUT2D eigenvalue weighted by atomic mass is 16.7. The van der Waals surface area contributed by atoms with Gasteiger partial charge in [0.05, 0.1) is 0 Å². The number of hydrogen-bond donors (Lipinski definition) is 1. The van der Waals surface area contributed by atoms with E-state index >= 15 is 0 Å². The van der Waals surface area contributed by atoms with Crippen molar-refractivity contribution in [2.24, 2.45) is 7.05 Å². The van der Waals surface area contributed by atoms with E-state index in [1.807, 2.05) is 37.4 Å². The molecule has 2 aromatic carbocycles. The number of carbonyl (C=O) groups excluding carboxylic acids is 1. The van der Waals surface area contributed by atoms with Crippen LogP contribution in [-0.2, 0) is 11.8 Å². The Morgan fingerprint density at radius 2 is 2.00 bits per heavy atom. The summed E-state index contributed by atoms with van der Waals surface area (Å²) in [6, 6.07) is 14.7. The Labute approximate surface area is 157 Å². The molecule has 0 bridgehead atoms. The summed E-state index contributed by atoms with van der Waals surface area (Å²) in [6.45, 7) is 0.250. The maximum absolute atomic E-state index is 12.7. The first-order valence-electron chi connectivity index (χ1n) is 9.42. The Hall–Kier alpha value is -2.95. The van der Waals surface area contributed by atoms with Crippen LogP contribution in [0.4, 0.5) is 0 Å². The summed E-state index contributed by atoms with van der Waals surface area (Å²) < 4.78 is 13.1. The Kier molecular flexibility index (Phi) is 3.81. The van der Waals surface area contributed by atoms with E-state index in [9.17, 15) is 4.79 Å². The van der Waals surface area contributed by atoms with Crippen molar-refractivity contribution in [3.8, 4) is 11.5 Å². The minimum atomic E-state index is -0.0376. The van der Waals surface area contributed by atoms with Gasteiger partial charge < -0.3 is 19.4 Å². The lowest BCUT2D eigenvalue weighted by atomic mass is 9.87. The van der Waals surface area contributed by atoms with Gasteiger partial charge in [-0.1, -0.05) is 24.3 Å². The maximum Gasteiger partial charge on any atom is 0.231 e. The first-order chi connectivity index (χ1) is 13.2. The molecule has 1 N–H and O–H groups in total. The summed E-state index contributed by atoms with van der Waals surface area (Å²) >= 11 is 0. The Morgan fingerprint density at radius 3 is 2.85 bits per heavy atom. The molecule has 1 aromatic heterocycles. The van der Waals surface area contributed by atoms with Crippen molar-refractivity contribution in [1.29, 1.82) is 0 Å². The normalized spacial score (nSPS) is 16.5. The van der Waals surface area contributed by atoms with Gasteiger partial charge in [-0.05, 0) is 42.2 Å². The van der Waals surface area contributed by atoms with Gasteiger partial charge in [0, 0.05) is 42.5 Å². The lowest BCUT2D eigenvalue weighted by Crippen LogP contribution is -2.27. The fraction of sp³-hybridized carbons (Fsp3) is 0.318. The van der Waals surface area contributed by atoms with E-state index in [1.54, 1.807) is 0 Å². The lowest BCUT2D eigenvalue weighted by Gasteiger charge is -2.18. The summed E-state index contributed by atoms with van der Waals surface area (Å²) in [6.07, 6.45) is 4.75. The van der Waals surface area contributed by atoms with E-state index in [0.29, 0.717) is 12.5 Å². The van der Waals surface area contributed by atoms with Crippen LogP contribution in [0, 0.1) is 0 Å². The molecule has 1 aliphatic heterocycles. The molecule has 0 saturated heterocycles. The molecule has 1 saturated carbocycles. The molecular formula is C22H22N2O3. The second-order valence-corrected chi connectivity index (χ2v) is 7.42. The third-order valence-corrected chi connectivity index (χ3v) is 5.43. The van der Waals surface area contributed by atoms with Crippen LogP contribution < -0.4 is 14.8 Å². The van der Waals surface area contributed by atoms with Crippen LogP contribution in [0.5, 0.6) is 11.5 Å². The average molecular weight is 362 g/mol. The van der Waals surface area contributed by atoms with Gasteiger partial charge in [0.1, 0.15) is 0 Å². The number of aryl methyl sites for hydroxylation is 1. The molecule has 1 amide bonds. The summed E-state index contributed by atoms with van der Waals surface area (Å²) in [5, 5.41) is 4.31. The second-order valence-electron chi connectivity index (χ2n) is 7.42. The van der Waals surface area contributed by atoms with Crippen LogP contribution in [0.3, 0.4) is 0 Å². The third-order valence-electron chi connectivity index (χ3n) is 5.43. The van der Waals surface area contributed by atoms with E-state index < -0.39 is 0 Å². The zero-order valence-corrected chi connectivity index (χ0v) is 15.3. The second kappa shape index (κ2) is 6.34.